The van der Waals surface area contributed by atoms with Crippen LogP contribution in [0, 0.1) is 5.92 Å². The third-order valence-electron chi connectivity index (χ3n) is 1.93. The summed E-state index contributed by atoms with van der Waals surface area (Å²) in [6.07, 6.45) is 0.849. The predicted molar refractivity (Wildman–Crippen MR) is 35.0 cm³/mol. The van der Waals surface area contributed by atoms with Gasteiger partial charge in [-0.25, -0.2) is 4.39 Å². The molecule has 0 bridgehead atoms. The standard InChI is InChI=1S/C7H11FO2/c8-3-5-1-6(4-9)7(10)2-5/h3,6-7,9-10H,1-2,4H2. The molecule has 1 aliphatic rings. The molecule has 0 spiro atoms. The Kier molecular flexibility index (Phi) is 2.40. The summed E-state index contributed by atoms with van der Waals surface area (Å²) in [6, 6.07) is 0. The van der Waals surface area contributed by atoms with Gasteiger partial charge in [-0.1, -0.05) is 0 Å². The van der Waals surface area contributed by atoms with Crippen LogP contribution in [0.15, 0.2) is 11.9 Å². The van der Waals surface area contributed by atoms with Crippen LogP contribution in [0.2, 0.25) is 0 Å². The first-order valence-electron chi connectivity index (χ1n) is 3.35. The number of aliphatic hydroxyl groups is 2. The third-order valence-corrected chi connectivity index (χ3v) is 1.93. The Morgan fingerprint density at radius 1 is 1.60 bits per heavy atom. The summed E-state index contributed by atoms with van der Waals surface area (Å²) in [5.41, 5.74) is 0.603. The van der Waals surface area contributed by atoms with E-state index in [4.69, 9.17) is 10.2 Å². The molecule has 1 aliphatic carbocycles. The maximum absolute atomic E-state index is 11.8. The summed E-state index contributed by atoms with van der Waals surface area (Å²) in [5.74, 6) is -0.151. The van der Waals surface area contributed by atoms with Gasteiger partial charge >= 0.3 is 0 Å². The molecule has 3 heteroatoms. The Balaban J connectivity index is 2.52. The van der Waals surface area contributed by atoms with Crippen LogP contribution in [0.4, 0.5) is 4.39 Å². The Bertz CT molecular complexity index is 145. The van der Waals surface area contributed by atoms with Crippen LogP contribution < -0.4 is 0 Å². The summed E-state index contributed by atoms with van der Waals surface area (Å²) in [4.78, 5) is 0. The molecular weight excluding hydrogens is 135 g/mol. The van der Waals surface area contributed by atoms with Gasteiger partial charge in [0, 0.05) is 12.5 Å². The van der Waals surface area contributed by atoms with Crippen molar-refractivity contribution in [1.29, 1.82) is 0 Å². The summed E-state index contributed by atoms with van der Waals surface area (Å²) >= 11 is 0. The van der Waals surface area contributed by atoms with Crippen molar-refractivity contribution in [2.45, 2.75) is 18.9 Å². The molecule has 0 amide bonds. The van der Waals surface area contributed by atoms with E-state index in [0.29, 0.717) is 24.7 Å². The van der Waals surface area contributed by atoms with E-state index >= 15 is 0 Å². The molecule has 0 aromatic rings. The van der Waals surface area contributed by atoms with Crippen molar-refractivity contribution < 1.29 is 14.6 Å². The highest BCUT2D eigenvalue weighted by atomic mass is 19.1. The van der Waals surface area contributed by atoms with E-state index in [9.17, 15) is 4.39 Å². The number of halogens is 1. The first kappa shape index (κ1) is 7.69. The van der Waals surface area contributed by atoms with Crippen molar-refractivity contribution in [2.24, 2.45) is 5.92 Å². The smallest absolute Gasteiger partial charge is 0.0860 e. The number of rotatable bonds is 1. The maximum Gasteiger partial charge on any atom is 0.0860 e. The van der Waals surface area contributed by atoms with Crippen molar-refractivity contribution in [2.75, 3.05) is 6.61 Å². The normalized spacial score (nSPS) is 37.3. The fraction of sp³-hybridized carbons (Fsp3) is 0.714. The van der Waals surface area contributed by atoms with Gasteiger partial charge in [0.25, 0.3) is 0 Å². The zero-order valence-electron chi connectivity index (χ0n) is 5.63. The molecule has 10 heavy (non-hydrogen) atoms. The van der Waals surface area contributed by atoms with Crippen LogP contribution in [0.3, 0.4) is 0 Å². The Hall–Kier alpha value is -0.410. The van der Waals surface area contributed by atoms with Crippen molar-refractivity contribution in [3.05, 3.63) is 11.9 Å². The van der Waals surface area contributed by atoms with Crippen molar-refractivity contribution in [3.63, 3.8) is 0 Å². The van der Waals surface area contributed by atoms with E-state index in [2.05, 4.69) is 0 Å². The minimum atomic E-state index is -0.549. The fourth-order valence-corrected chi connectivity index (χ4v) is 1.27. The Morgan fingerprint density at radius 2 is 2.30 bits per heavy atom. The van der Waals surface area contributed by atoms with Gasteiger partial charge in [-0.2, -0.15) is 0 Å². The summed E-state index contributed by atoms with van der Waals surface area (Å²) in [6.45, 7) is -0.0570. The molecule has 2 atom stereocenters. The highest BCUT2D eigenvalue weighted by molar-refractivity contribution is 5.08. The van der Waals surface area contributed by atoms with Gasteiger partial charge in [-0.3, -0.25) is 0 Å². The molecule has 0 radical (unpaired) electrons. The lowest BCUT2D eigenvalue weighted by Gasteiger charge is -2.07. The molecular formula is C7H11FO2. The second kappa shape index (κ2) is 3.12. The van der Waals surface area contributed by atoms with Crippen LogP contribution in [0.25, 0.3) is 0 Å². The van der Waals surface area contributed by atoms with E-state index in [0.717, 1.165) is 0 Å². The SMILES string of the molecule is OCC1CC(=CF)CC1O. The minimum absolute atomic E-state index is 0.0570. The second-order valence-electron chi connectivity index (χ2n) is 2.69. The molecule has 0 aromatic heterocycles. The molecule has 2 N–H and O–H groups in total. The molecule has 0 saturated heterocycles. The molecule has 0 heterocycles. The van der Waals surface area contributed by atoms with E-state index in [1.165, 1.54) is 0 Å². The molecule has 1 fully saturated rings. The highest BCUT2D eigenvalue weighted by Gasteiger charge is 2.27. The van der Waals surface area contributed by atoms with Gasteiger partial charge in [0.05, 0.1) is 12.4 Å². The average Bonchev–Trinajstić information content (AvgIpc) is 2.30. The fourth-order valence-electron chi connectivity index (χ4n) is 1.27. The number of hydrogen-bond acceptors (Lipinski definition) is 2. The third kappa shape index (κ3) is 1.36. The largest absolute Gasteiger partial charge is 0.396 e. The van der Waals surface area contributed by atoms with Crippen LogP contribution >= 0.6 is 0 Å². The summed E-state index contributed by atoms with van der Waals surface area (Å²) in [7, 11) is 0. The molecule has 1 saturated carbocycles. The van der Waals surface area contributed by atoms with Crippen LogP contribution in [0.5, 0.6) is 0 Å². The quantitative estimate of drug-likeness (QED) is 0.568. The molecule has 1 rings (SSSR count). The average molecular weight is 146 g/mol. The van der Waals surface area contributed by atoms with E-state index in [-0.39, 0.29) is 12.5 Å². The molecule has 58 valence electrons. The van der Waals surface area contributed by atoms with Gasteiger partial charge in [-0.15, -0.1) is 0 Å². The van der Waals surface area contributed by atoms with Crippen molar-refractivity contribution in [1.82, 2.24) is 0 Å². The van der Waals surface area contributed by atoms with Crippen LogP contribution in [-0.2, 0) is 0 Å². The molecule has 0 aromatic carbocycles. The first-order valence-corrected chi connectivity index (χ1v) is 3.35. The molecule has 2 unspecified atom stereocenters. The minimum Gasteiger partial charge on any atom is -0.396 e. The van der Waals surface area contributed by atoms with Crippen LogP contribution in [-0.4, -0.2) is 22.9 Å². The lowest BCUT2D eigenvalue weighted by atomic mass is 10.1. The summed E-state index contributed by atoms with van der Waals surface area (Å²) < 4.78 is 11.8. The lowest BCUT2D eigenvalue weighted by molar-refractivity contribution is 0.0910. The predicted octanol–water partition coefficient (Wildman–Crippen LogP) is 0.603. The Labute approximate surface area is 59.0 Å². The van der Waals surface area contributed by atoms with Gasteiger partial charge < -0.3 is 10.2 Å². The molecule has 2 nitrogen and oxygen atoms in total. The summed E-state index contributed by atoms with van der Waals surface area (Å²) in [5, 5.41) is 17.8. The van der Waals surface area contributed by atoms with E-state index in [1.807, 2.05) is 0 Å². The zero-order chi connectivity index (χ0) is 7.56. The number of aliphatic hydroxyl groups excluding tert-OH is 2. The second-order valence-corrected chi connectivity index (χ2v) is 2.69. The van der Waals surface area contributed by atoms with Gasteiger partial charge in [0.1, 0.15) is 0 Å². The molecule has 0 aliphatic heterocycles. The number of hydrogen-bond donors (Lipinski definition) is 2. The topological polar surface area (TPSA) is 40.5 Å². The monoisotopic (exact) mass is 146 g/mol. The van der Waals surface area contributed by atoms with Gasteiger partial charge in [0.2, 0.25) is 0 Å². The van der Waals surface area contributed by atoms with Crippen molar-refractivity contribution in [3.8, 4) is 0 Å². The lowest BCUT2D eigenvalue weighted by Crippen LogP contribution is -2.16. The van der Waals surface area contributed by atoms with Gasteiger partial charge in [0.15, 0.2) is 0 Å². The maximum atomic E-state index is 11.8. The van der Waals surface area contributed by atoms with Gasteiger partial charge in [-0.05, 0) is 18.4 Å². The highest BCUT2D eigenvalue weighted by Crippen LogP contribution is 2.30. The van der Waals surface area contributed by atoms with Crippen LogP contribution in [0.1, 0.15) is 12.8 Å². The van der Waals surface area contributed by atoms with Crippen molar-refractivity contribution >= 4 is 0 Å². The van der Waals surface area contributed by atoms with E-state index < -0.39 is 6.10 Å². The first-order chi connectivity index (χ1) is 4.77. The Morgan fingerprint density at radius 3 is 2.60 bits per heavy atom. The van der Waals surface area contributed by atoms with E-state index in [1.54, 1.807) is 0 Å². The zero-order valence-corrected chi connectivity index (χ0v) is 5.63.